The number of carbonyl (C=O) groups is 3. The Bertz CT molecular complexity index is 778. The molecule has 0 heterocycles. The van der Waals surface area contributed by atoms with Crippen molar-refractivity contribution in [2.45, 2.75) is 174 Å². The van der Waals surface area contributed by atoms with Crippen LogP contribution in [0.5, 0.6) is 0 Å². The lowest BCUT2D eigenvalue weighted by molar-refractivity contribution is -0.887. The SMILES string of the molecule is CCCCCC/C=C/CCCCCCCCCC(=O)OCC(COCCC(C(=O)O)[N+](C)(C)C)OC(=O)CCCCCCCCC. The molecule has 0 spiro atoms. The quantitative estimate of drug-likeness (QED) is 0.0326. The van der Waals surface area contributed by atoms with Gasteiger partial charge >= 0.3 is 17.9 Å². The summed E-state index contributed by atoms with van der Waals surface area (Å²) < 4.78 is 17.1. The van der Waals surface area contributed by atoms with Gasteiger partial charge in [-0.15, -0.1) is 0 Å². The van der Waals surface area contributed by atoms with Gasteiger partial charge in [-0.2, -0.15) is 0 Å². The van der Waals surface area contributed by atoms with Crippen molar-refractivity contribution < 1.29 is 38.2 Å². The topological polar surface area (TPSA) is 99.1 Å². The smallest absolute Gasteiger partial charge is 0.362 e. The Kier molecular flexibility index (Phi) is 29.1. The van der Waals surface area contributed by atoms with Gasteiger partial charge in [-0.05, 0) is 38.5 Å². The maximum atomic E-state index is 12.5. The van der Waals surface area contributed by atoms with Crippen molar-refractivity contribution in [1.29, 1.82) is 0 Å². The Morgan fingerprint density at radius 2 is 1.09 bits per heavy atom. The van der Waals surface area contributed by atoms with Crippen LogP contribution in [0.3, 0.4) is 0 Å². The molecule has 46 heavy (non-hydrogen) atoms. The Morgan fingerprint density at radius 3 is 1.59 bits per heavy atom. The molecule has 2 atom stereocenters. The van der Waals surface area contributed by atoms with Crippen molar-refractivity contribution in [1.82, 2.24) is 0 Å². The normalized spacial score (nSPS) is 13.2. The number of rotatable bonds is 33. The molecule has 0 aliphatic carbocycles. The number of likely N-dealkylation sites (N-methyl/N-ethyl adjacent to an activating group) is 1. The van der Waals surface area contributed by atoms with Crippen molar-refractivity contribution in [3.63, 3.8) is 0 Å². The van der Waals surface area contributed by atoms with Gasteiger partial charge in [-0.25, -0.2) is 4.79 Å². The number of hydrogen-bond acceptors (Lipinski definition) is 6. The Labute approximate surface area is 282 Å². The van der Waals surface area contributed by atoms with Gasteiger partial charge in [0.05, 0.1) is 34.4 Å². The highest BCUT2D eigenvalue weighted by Gasteiger charge is 2.31. The Morgan fingerprint density at radius 1 is 0.630 bits per heavy atom. The molecule has 2 unspecified atom stereocenters. The van der Waals surface area contributed by atoms with Crippen LogP contribution >= 0.6 is 0 Å². The number of nitrogens with zero attached hydrogens (tertiary/aromatic N) is 1. The summed E-state index contributed by atoms with van der Waals surface area (Å²) in [5.41, 5.74) is 0. The highest BCUT2D eigenvalue weighted by molar-refractivity contribution is 5.72. The standard InChI is InChI=1S/C38H71NO7/c1-6-8-10-12-14-15-16-17-18-19-20-21-23-24-26-28-36(40)45-33-34(32-44-31-30-35(38(42)43)39(3,4)5)46-37(41)29-27-25-22-13-11-9-7-2/h15-16,34-35H,6-14,17-33H2,1-5H3/p+1/b16-15+. The molecule has 0 aromatic heterocycles. The van der Waals surface area contributed by atoms with Crippen LogP contribution in [-0.4, -0.2) is 80.6 Å². The third-order valence-electron chi connectivity index (χ3n) is 8.41. The summed E-state index contributed by atoms with van der Waals surface area (Å²) in [6.45, 7) is 4.67. The van der Waals surface area contributed by atoms with Gasteiger partial charge in [0, 0.05) is 19.3 Å². The van der Waals surface area contributed by atoms with Crippen LogP contribution in [0.15, 0.2) is 12.2 Å². The van der Waals surface area contributed by atoms with E-state index in [2.05, 4.69) is 26.0 Å². The molecule has 0 saturated heterocycles. The maximum Gasteiger partial charge on any atom is 0.362 e. The number of carboxylic acids is 1. The van der Waals surface area contributed by atoms with Crippen LogP contribution in [0.2, 0.25) is 0 Å². The second-order valence-electron chi connectivity index (χ2n) is 13.8. The zero-order chi connectivity index (χ0) is 34.3. The van der Waals surface area contributed by atoms with E-state index in [9.17, 15) is 19.5 Å². The number of carboxylic acid groups (broad SMARTS) is 1. The molecule has 0 fully saturated rings. The molecule has 8 heteroatoms. The molecule has 0 aromatic carbocycles. The van der Waals surface area contributed by atoms with Crippen LogP contribution in [0.1, 0.15) is 162 Å². The first-order chi connectivity index (χ1) is 22.1. The van der Waals surface area contributed by atoms with Crippen molar-refractivity contribution in [2.75, 3.05) is 41.0 Å². The minimum atomic E-state index is -0.876. The molecule has 0 rings (SSSR count). The number of allylic oxidation sites excluding steroid dienone is 2. The summed E-state index contributed by atoms with van der Waals surface area (Å²) in [6.07, 6.45) is 28.3. The summed E-state index contributed by atoms with van der Waals surface area (Å²) in [7, 11) is 5.51. The fourth-order valence-corrected chi connectivity index (χ4v) is 5.44. The van der Waals surface area contributed by atoms with Crippen LogP contribution in [0, 0.1) is 0 Å². The zero-order valence-electron chi connectivity index (χ0n) is 30.5. The largest absolute Gasteiger partial charge is 0.477 e. The number of unbranched alkanes of at least 4 members (excludes halogenated alkanes) is 17. The summed E-state index contributed by atoms with van der Waals surface area (Å²) in [5, 5.41) is 9.55. The van der Waals surface area contributed by atoms with Crippen molar-refractivity contribution in [3.05, 3.63) is 12.2 Å². The van der Waals surface area contributed by atoms with Gasteiger partial charge in [0.1, 0.15) is 6.61 Å². The summed E-state index contributed by atoms with van der Waals surface area (Å²) in [4.78, 5) is 36.6. The Balaban J connectivity index is 4.33. The Hall–Kier alpha value is -1.93. The fraction of sp³-hybridized carbons (Fsp3) is 0.868. The fourth-order valence-electron chi connectivity index (χ4n) is 5.44. The number of esters is 2. The molecule has 0 aliphatic rings. The molecular formula is C38H72NO7+. The molecule has 8 nitrogen and oxygen atoms in total. The monoisotopic (exact) mass is 655 g/mol. The molecule has 0 saturated carbocycles. The molecule has 270 valence electrons. The lowest BCUT2D eigenvalue weighted by atomic mass is 10.1. The first kappa shape index (κ1) is 44.1. The van der Waals surface area contributed by atoms with Gasteiger partial charge in [-0.1, -0.05) is 116 Å². The molecule has 1 N–H and O–H groups in total. The predicted molar refractivity (Wildman–Crippen MR) is 188 cm³/mol. The van der Waals surface area contributed by atoms with Crippen LogP contribution in [0.4, 0.5) is 0 Å². The number of carbonyl (C=O) groups excluding carboxylic acids is 2. The van der Waals surface area contributed by atoms with Gasteiger partial charge in [0.15, 0.2) is 12.1 Å². The van der Waals surface area contributed by atoms with Crippen molar-refractivity contribution in [3.8, 4) is 0 Å². The maximum absolute atomic E-state index is 12.5. The average Bonchev–Trinajstić information content (AvgIpc) is 3.00. The van der Waals surface area contributed by atoms with Gasteiger partial charge in [0.25, 0.3) is 0 Å². The lowest BCUT2D eigenvalue weighted by Gasteiger charge is -2.31. The van der Waals surface area contributed by atoms with Gasteiger partial charge < -0.3 is 23.8 Å². The second-order valence-corrected chi connectivity index (χ2v) is 13.8. The van der Waals surface area contributed by atoms with E-state index in [0.29, 0.717) is 19.3 Å². The van der Waals surface area contributed by atoms with Crippen LogP contribution < -0.4 is 0 Å². The summed E-state index contributed by atoms with van der Waals surface area (Å²) in [6, 6.07) is -0.608. The first-order valence-electron chi connectivity index (χ1n) is 18.7. The van der Waals surface area contributed by atoms with Crippen molar-refractivity contribution >= 4 is 17.9 Å². The average molecular weight is 655 g/mol. The molecule has 0 amide bonds. The number of ether oxygens (including phenoxy) is 3. The summed E-state index contributed by atoms with van der Waals surface area (Å²) in [5.74, 6) is -1.48. The van der Waals surface area contributed by atoms with Crippen molar-refractivity contribution in [2.24, 2.45) is 0 Å². The van der Waals surface area contributed by atoms with Gasteiger partial charge in [0.2, 0.25) is 0 Å². The third-order valence-corrected chi connectivity index (χ3v) is 8.41. The van der Waals surface area contributed by atoms with Crippen LogP contribution in [-0.2, 0) is 28.6 Å². The second kappa shape index (κ2) is 30.4. The lowest BCUT2D eigenvalue weighted by Crippen LogP contribution is -2.50. The molecule has 0 aliphatic heterocycles. The number of aliphatic carboxylic acids is 1. The summed E-state index contributed by atoms with van der Waals surface area (Å²) >= 11 is 0. The van der Waals surface area contributed by atoms with E-state index in [1.165, 1.54) is 89.9 Å². The first-order valence-corrected chi connectivity index (χ1v) is 18.7. The predicted octanol–water partition coefficient (Wildman–Crippen LogP) is 9.19. The highest BCUT2D eigenvalue weighted by Crippen LogP contribution is 2.13. The minimum absolute atomic E-state index is 0.0491. The van der Waals surface area contributed by atoms with E-state index in [1.54, 1.807) is 0 Å². The highest BCUT2D eigenvalue weighted by atomic mass is 16.6. The van der Waals surface area contributed by atoms with E-state index < -0.39 is 18.1 Å². The van der Waals surface area contributed by atoms with E-state index in [-0.39, 0.29) is 36.2 Å². The van der Waals surface area contributed by atoms with Gasteiger partial charge in [-0.3, -0.25) is 9.59 Å². The van der Waals surface area contributed by atoms with E-state index in [4.69, 9.17) is 14.2 Å². The van der Waals surface area contributed by atoms with Crippen LogP contribution in [0.25, 0.3) is 0 Å². The van der Waals surface area contributed by atoms with E-state index in [1.807, 2.05) is 21.1 Å². The van der Waals surface area contributed by atoms with E-state index >= 15 is 0 Å². The zero-order valence-corrected chi connectivity index (χ0v) is 30.5. The minimum Gasteiger partial charge on any atom is -0.477 e. The molecule has 0 bridgehead atoms. The van der Waals surface area contributed by atoms with E-state index in [0.717, 1.165) is 38.5 Å². The molecule has 0 aromatic rings. The molecular weight excluding hydrogens is 582 g/mol. The third kappa shape index (κ3) is 28.3. The number of hydrogen-bond donors (Lipinski definition) is 1. The number of quaternary nitrogens is 1. The molecule has 0 radical (unpaired) electrons.